The van der Waals surface area contributed by atoms with Crippen molar-refractivity contribution in [3.8, 4) is 11.3 Å². The second-order valence-corrected chi connectivity index (χ2v) is 10.2. The highest BCUT2D eigenvalue weighted by Gasteiger charge is 2.45. The molecule has 6 heterocycles. The Hall–Kier alpha value is -2.76. The van der Waals surface area contributed by atoms with Crippen LogP contribution in [0.15, 0.2) is 12.4 Å². The lowest BCUT2D eigenvalue weighted by Gasteiger charge is -2.37. The normalized spacial score (nSPS) is 25.7. The molecular weight excluding hydrogens is 482 g/mol. The van der Waals surface area contributed by atoms with Crippen molar-refractivity contribution in [2.45, 2.75) is 44.2 Å². The second kappa shape index (κ2) is 9.95. The topological polar surface area (TPSA) is 126 Å². The minimum absolute atomic E-state index is 0. The predicted molar refractivity (Wildman–Crippen MR) is 139 cm³/mol. The number of aromatic nitrogens is 4. The molecule has 3 N–H and O–H groups in total. The maximum Gasteiger partial charge on any atom is 0.239 e. The summed E-state index contributed by atoms with van der Waals surface area (Å²) < 4.78 is 5.55. The van der Waals surface area contributed by atoms with Gasteiger partial charge in [-0.1, -0.05) is 0 Å². The van der Waals surface area contributed by atoms with Crippen LogP contribution in [0.2, 0.25) is 0 Å². The first-order chi connectivity index (χ1) is 17.0. The molecule has 0 bridgehead atoms. The maximum atomic E-state index is 13.1. The Kier molecular flexibility index (Phi) is 6.88. The molecule has 0 aliphatic carbocycles. The largest absolute Gasteiger partial charge is 0.378 e. The van der Waals surface area contributed by atoms with Crippen molar-refractivity contribution in [1.29, 1.82) is 0 Å². The van der Waals surface area contributed by atoms with E-state index in [-0.39, 0.29) is 35.8 Å². The number of hydrogen-bond acceptors (Lipinski definition) is 10. The van der Waals surface area contributed by atoms with Gasteiger partial charge in [-0.2, -0.15) is 4.98 Å². The number of amides is 1. The Morgan fingerprint density at radius 2 is 1.94 bits per heavy atom. The number of halogens is 1. The number of likely N-dealkylation sites (tertiary alicyclic amines) is 1. The van der Waals surface area contributed by atoms with Gasteiger partial charge in [0.05, 0.1) is 30.5 Å². The number of rotatable bonds is 4. The first-order valence-electron chi connectivity index (χ1n) is 12.6. The van der Waals surface area contributed by atoms with E-state index in [1.54, 1.807) is 12.4 Å². The smallest absolute Gasteiger partial charge is 0.239 e. The molecule has 3 saturated heterocycles. The van der Waals surface area contributed by atoms with Gasteiger partial charge in [0.25, 0.3) is 0 Å². The van der Waals surface area contributed by atoms with Crippen LogP contribution < -0.4 is 20.9 Å². The van der Waals surface area contributed by atoms with E-state index in [0.29, 0.717) is 25.7 Å². The highest BCUT2D eigenvalue weighted by Crippen LogP contribution is 2.41. The Bertz CT molecular complexity index is 1110. The number of morpholine rings is 1. The van der Waals surface area contributed by atoms with Crippen molar-refractivity contribution in [2.75, 3.05) is 68.0 Å². The summed E-state index contributed by atoms with van der Waals surface area (Å²) in [5.74, 6) is 2.15. The highest BCUT2D eigenvalue weighted by molar-refractivity contribution is 5.85. The van der Waals surface area contributed by atoms with Crippen LogP contribution in [-0.4, -0.2) is 94.8 Å². The summed E-state index contributed by atoms with van der Waals surface area (Å²) in [6.07, 6.45) is 7.24. The van der Waals surface area contributed by atoms with Crippen LogP contribution in [0.4, 0.5) is 17.7 Å². The van der Waals surface area contributed by atoms with Crippen molar-refractivity contribution in [1.82, 2.24) is 30.2 Å². The number of nitrogens with two attached hydrogens (primary N) is 1. The standard InChI is InChI=1S/C24H33N9O2.ClH/c1-24(5-8-32(15-24)21(34)18-3-2-6-26-18)33-7-4-17-19(16-13-27-22(25)28-14-16)29-23(30-20(17)33)31-9-11-35-12-10-31;/h13-14,18,26H,2-12,15H2,1H3,(H2,25,27,28);1H/t18-,24-;/m0./s1. The number of nitrogens with zero attached hydrogens (tertiary/aromatic N) is 7. The van der Waals surface area contributed by atoms with E-state index in [4.69, 9.17) is 20.4 Å². The van der Waals surface area contributed by atoms with Crippen LogP contribution in [0.3, 0.4) is 0 Å². The summed E-state index contributed by atoms with van der Waals surface area (Å²) in [5.41, 5.74) is 8.39. The molecule has 2 atom stereocenters. The number of carbonyl (C=O) groups is 1. The molecule has 4 aliphatic heterocycles. The van der Waals surface area contributed by atoms with Gasteiger partial charge in [-0.05, 0) is 39.2 Å². The van der Waals surface area contributed by atoms with E-state index in [0.717, 1.165) is 81.0 Å². The van der Waals surface area contributed by atoms with Gasteiger partial charge in [0.15, 0.2) is 0 Å². The molecule has 1 amide bonds. The molecule has 0 saturated carbocycles. The molecule has 4 aliphatic rings. The number of fused-ring (bicyclic) bond motifs is 1. The first-order valence-corrected chi connectivity index (χ1v) is 12.6. The lowest BCUT2D eigenvalue weighted by molar-refractivity contribution is -0.132. The van der Waals surface area contributed by atoms with Gasteiger partial charge in [-0.3, -0.25) is 4.79 Å². The first kappa shape index (κ1) is 24.9. The number of carbonyl (C=O) groups excluding carboxylic acids is 1. The van der Waals surface area contributed by atoms with Gasteiger partial charge in [0, 0.05) is 56.2 Å². The van der Waals surface area contributed by atoms with Gasteiger partial charge in [0.1, 0.15) is 5.82 Å². The van der Waals surface area contributed by atoms with E-state index in [2.05, 4.69) is 32.0 Å². The molecule has 0 spiro atoms. The van der Waals surface area contributed by atoms with Crippen molar-refractivity contribution in [3.63, 3.8) is 0 Å². The van der Waals surface area contributed by atoms with Crippen LogP contribution in [0.25, 0.3) is 11.3 Å². The number of hydrogen-bond donors (Lipinski definition) is 2. The maximum absolute atomic E-state index is 13.1. The predicted octanol–water partition coefficient (Wildman–Crippen LogP) is 0.880. The van der Waals surface area contributed by atoms with Crippen molar-refractivity contribution >= 4 is 36.0 Å². The Labute approximate surface area is 217 Å². The minimum Gasteiger partial charge on any atom is -0.378 e. The zero-order valence-electron chi connectivity index (χ0n) is 20.6. The zero-order chi connectivity index (χ0) is 24.0. The molecule has 0 aromatic carbocycles. The lowest BCUT2D eigenvalue weighted by atomic mass is 9.99. The van der Waals surface area contributed by atoms with Crippen LogP contribution >= 0.6 is 12.4 Å². The molecule has 2 aromatic heterocycles. The van der Waals surface area contributed by atoms with Crippen LogP contribution in [0.1, 0.15) is 31.7 Å². The summed E-state index contributed by atoms with van der Waals surface area (Å²) in [6.45, 7) is 8.36. The summed E-state index contributed by atoms with van der Waals surface area (Å²) in [5, 5.41) is 3.36. The fourth-order valence-corrected chi connectivity index (χ4v) is 5.84. The highest BCUT2D eigenvalue weighted by atomic mass is 35.5. The van der Waals surface area contributed by atoms with Gasteiger partial charge in [-0.15, -0.1) is 12.4 Å². The third-order valence-electron chi connectivity index (χ3n) is 7.83. The zero-order valence-corrected chi connectivity index (χ0v) is 21.5. The van der Waals surface area contributed by atoms with E-state index in [9.17, 15) is 4.79 Å². The Morgan fingerprint density at radius 1 is 1.17 bits per heavy atom. The Morgan fingerprint density at radius 3 is 2.67 bits per heavy atom. The average molecular weight is 516 g/mol. The molecular formula is C24H34ClN9O2. The van der Waals surface area contributed by atoms with Crippen molar-refractivity contribution in [2.24, 2.45) is 0 Å². The molecule has 3 fully saturated rings. The van der Waals surface area contributed by atoms with E-state index in [1.165, 1.54) is 0 Å². The molecule has 0 radical (unpaired) electrons. The summed E-state index contributed by atoms with van der Waals surface area (Å²) >= 11 is 0. The van der Waals surface area contributed by atoms with E-state index >= 15 is 0 Å². The third-order valence-corrected chi connectivity index (χ3v) is 7.83. The SMILES string of the molecule is C[C@]1(N2CCc3c(-c4cnc(N)nc4)nc(N4CCOCC4)nc32)CCN(C(=O)[C@@H]2CCCN2)C1.Cl. The molecule has 6 rings (SSSR count). The van der Waals surface area contributed by atoms with Crippen LogP contribution in [0, 0.1) is 0 Å². The number of ether oxygens (including phenoxy) is 1. The third kappa shape index (κ3) is 4.44. The molecule has 2 aromatic rings. The van der Waals surface area contributed by atoms with Gasteiger partial charge < -0.3 is 30.5 Å². The van der Waals surface area contributed by atoms with Crippen LogP contribution in [-0.2, 0) is 16.0 Å². The van der Waals surface area contributed by atoms with Crippen molar-refractivity contribution in [3.05, 3.63) is 18.0 Å². The van der Waals surface area contributed by atoms with Gasteiger partial charge in [-0.25, -0.2) is 15.0 Å². The summed E-state index contributed by atoms with van der Waals surface area (Å²) in [6, 6.07) is -0.0319. The van der Waals surface area contributed by atoms with Crippen molar-refractivity contribution < 1.29 is 9.53 Å². The quantitative estimate of drug-likeness (QED) is 0.606. The number of nitrogen functional groups attached to an aromatic ring is 1. The molecule has 0 unspecified atom stereocenters. The molecule has 11 nitrogen and oxygen atoms in total. The number of anilines is 3. The summed E-state index contributed by atoms with van der Waals surface area (Å²) in [7, 11) is 0. The van der Waals surface area contributed by atoms with E-state index < -0.39 is 0 Å². The van der Waals surface area contributed by atoms with Gasteiger partial charge >= 0.3 is 0 Å². The monoisotopic (exact) mass is 515 g/mol. The second-order valence-electron chi connectivity index (χ2n) is 10.2. The molecule has 194 valence electrons. The van der Waals surface area contributed by atoms with Crippen LogP contribution in [0.5, 0.6) is 0 Å². The molecule has 36 heavy (non-hydrogen) atoms. The fraction of sp³-hybridized carbons (Fsp3) is 0.625. The van der Waals surface area contributed by atoms with E-state index in [1.807, 2.05) is 4.90 Å². The van der Waals surface area contributed by atoms with Gasteiger partial charge in [0.2, 0.25) is 17.8 Å². The lowest BCUT2D eigenvalue weighted by Crippen LogP contribution is -2.50. The minimum atomic E-state index is -0.176. The number of nitrogens with one attached hydrogen (secondary N) is 1. The summed E-state index contributed by atoms with van der Waals surface area (Å²) in [4.78, 5) is 38.2. The fourth-order valence-electron chi connectivity index (χ4n) is 5.84. The Balaban J connectivity index is 0.00000267. The molecule has 12 heteroatoms. The average Bonchev–Trinajstić information content (AvgIpc) is 3.64.